The second-order valence-corrected chi connectivity index (χ2v) is 8.87. The van der Waals surface area contributed by atoms with E-state index in [-0.39, 0.29) is 22.6 Å². The average Bonchev–Trinajstić information content (AvgIpc) is 3.02. The fraction of sp³-hybridized carbons (Fsp3) is 0.312. The van der Waals surface area contributed by atoms with Crippen LogP contribution in [-0.4, -0.2) is 37.8 Å². The molecule has 1 N–H and O–H groups in total. The molecule has 1 amide bonds. The molecule has 1 aromatic carbocycles. The Morgan fingerprint density at radius 1 is 1.16 bits per heavy atom. The lowest BCUT2D eigenvalue weighted by atomic mass is 10.1. The molecule has 1 aliphatic heterocycles. The van der Waals surface area contributed by atoms with Gasteiger partial charge in [0.05, 0.1) is 4.90 Å². The van der Waals surface area contributed by atoms with Gasteiger partial charge in [-0.15, -0.1) is 0 Å². The molecule has 0 saturated carbocycles. The molecule has 2 aromatic rings. The molecule has 25 heavy (non-hydrogen) atoms. The van der Waals surface area contributed by atoms with Gasteiger partial charge in [0.2, 0.25) is 10.0 Å². The van der Waals surface area contributed by atoms with E-state index in [4.69, 9.17) is 16.0 Å². The summed E-state index contributed by atoms with van der Waals surface area (Å²) in [5, 5.41) is 3.37. The van der Waals surface area contributed by atoms with Crippen molar-refractivity contribution >= 4 is 43.5 Å². The van der Waals surface area contributed by atoms with Crippen molar-refractivity contribution in [3.8, 4) is 0 Å². The van der Waals surface area contributed by atoms with Crippen molar-refractivity contribution in [1.82, 2.24) is 9.62 Å². The molecule has 2 heterocycles. The molecule has 0 atom stereocenters. The van der Waals surface area contributed by atoms with Crippen molar-refractivity contribution in [2.75, 3.05) is 13.1 Å². The third-order valence-electron chi connectivity index (χ3n) is 4.04. The van der Waals surface area contributed by atoms with Gasteiger partial charge in [-0.25, -0.2) is 8.42 Å². The highest BCUT2D eigenvalue weighted by molar-refractivity contribution is 9.10. The zero-order chi connectivity index (χ0) is 18.0. The minimum absolute atomic E-state index is 0.0898. The Labute approximate surface area is 159 Å². The van der Waals surface area contributed by atoms with E-state index < -0.39 is 10.0 Å². The van der Waals surface area contributed by atoms with E-state index in [1.165, 1.54) is 16.4 Å². The van der Waals surface area contributed by atoms with Gasteiger partial charge in [-0.1, -0.05) is 11.6 Å². The number of carbonyl (C=O) groups is 1. The summed E-state index contributed by atoms with van der Waals surface area (Å²) >= 11 is 8.96. The van der Waals surface area contributed by atoms with E-state index in [1.807, 2.05) is 0 Å². The van der Waals surface area contributed by atoms with Gasteiger partial charge in [0, 0.05) is 24.2 Å². The molecule has 3 rings (SSSR count). The zero-order valence-corrected chi connectivity index (χ0v) is 16.3. The van der Waals surface area contributed by atoms with Crippen LogP contribution in [0.3, 0.4) is 0 Å². The lowest BCUT2D eigenvalue weighted by Gasteiger charge is -2.31. The normalized spacial score (nSPS) is 16.7. The van der Waals surface area contributed by atoms with Crippen molar-refractivity contribution in [1.29, 1.82) is 0 Å². The van der Waals surface area contributed by atoms with Gasteiger partial charge < -0.3 is 9.73 Å². The molecule has 0 bridgehead atoms. The summed E-state index contributed by atoms with van der Waals surface area (Å²) in [5.41, 5.74) is 0. The first kappa shape index (κ1) is 18.4. The van der Waals surface area contributed by atoms with Crippen molar-refractivity contribution in [2.24, 2.45) is 0 Å². The Morgan fingerprint density at radius 2 is 1.80 bits per heavy atom. The van der Waals surface area contributed by atoms with E-state index in [2.05, 4.69) is 21.2 Å². The molecule has 1 aliphatic rings. The first-order valence-corrected chi connectivity index (χ1v) is 10.3. The Hall–Kier alpha value is -1.35. The van der Waals surface area contributed by atoms with E-state index >= 15 is 0 Å². The summed E-state index contributed by atoms with van der Waals surface area (Å²) < 4.78 is 32.4. The number of amides is 1. The van der Waals surface area contributed by atoms with Crippen LogP contribution in [-0.2, 0) is 10.0 Å². The number of rotatable bonds is 4. The van der Waals surface area contributed by atoms with Gasteiger partial charge >= 0.3 is 0 Å². The molecule has 1 fully saturated rings. The van der Waals surface area contributed by atoms with Crippen LogP contribution in [0.25, 0.3) is 0 Å². The Bertz CT molecular complexity index is 859. The topological polar surface area (TPSA) is 79.6 Å². The summed E-state index contributed by atoms with van der Waals surface area (Å²) in [4.78, 5) is 12.3. The molecule has 1 aromatic heterocycles. The summed E-state index contributed by atoms with van der Waals surface area (Å²) in [7, 11) is -3.54. The maximum Gasteiger partial charge on any atom is 0.287 e. The smallest absolute Gasteiger partial charge is 0.287 e. The molecule has 0 unspecified atom stereocenters. The molecule has 0 spiro atoms. The fourth-order valence-electron chi connectivity index (χ4n) is 2.69. The van der Waals surface area contributed by atoms with Crippen LogP contribution in [0, 0.1) is 0 Å². The number of halogens is 2. The van der Waals surface area contributed by atoms with Gasteiger partial charge in [0.15, 0.2) is 10.4 Å². The third-order valence-corrected chi connectivity index (χ3v) is 6.63. The van der Waals surface area contributed by atoms with Gasteiger partial charge in [0.1, 0.15) is 0 Å². The first-order chi connectivity index (χ1) is 11.9. The van der Waals surface area contributed by atoms with Crippen LogP contribution >= 0.6 is 27.5 Å². The summed E-state index contributed by atoms with van der Waals surface area (Å²) in [6, 6.07) is 9.26. The number of piperidine rings is 1. The summed E-state index contributed by atoms with van der Waals surface area (Å²) in [5.74, 6) is -0.0761. The van der Waals surface area contributed by atoms with Crippen molar-refractivity contribution < 1.29 is 17.6 Å². The largest absolute Gasteiger partial charge is 0.444 e. The monoisotopic (exact) mass is 446 g/mol. The molecule has 6 nitrogen and oxygen atoms in total. The highest BCUT2D eigenvalue weighted by atomic mass is 79.9. The first-order valence-electron chi connectivity index (χ1n) is 7.68. The van der Waals surface area contributed by atoms with Crippen molar-refractivity contribution in [2.45, 2.75) is 23.8 Å². The standard InChI is InChI=1S/C16H16BrClN2O4S/c17-15-6-5-14(24-15)16(21)19-12-7-9-20(10-8-12)25(22,23)13-3-1-11(18)2-4-13/h1-6,12H,7-10H2,(H,19,21). The number of sulfonamides is 1. The van der Waals surface area contributed by atoms with Gasteiger partial charge in [0.25, 0.3) is 5.91 Å². The number of furan rings is 1. The van der Waals surface area contributed by atoms with Crippen LogP contribution in [0.1, 0.15) is 23.4 Å². The maximum absolute atomic E-state index is 12.6. The fourth-order valence-corrected chi connectivity index (χ4v) is 4.59. The average molecular weight is 448 g/mol. The lowest BCUT2D eigenvalue weighted by Crippen LogP contribution is -2.46. The third kappa shape index (κ3) is 4.25. The van der Waals surface area contributed by atoms with E-state index in [9.17, 15) is 13.2 Å². The predicted octanol–water partition coefficient (Wildman–Crippen LogP) is 3.28. The summed E-state index contributed by atoms with van der Waals surface area (Å²) in [6.45, 7) is 0.690. The molecular weight excluding hydrogens is 432 g/mol. The molecule has 1 saturated heterocycles. The van der Waals surface area contributed by atoms with Crippen LogP contribution < -0.4 is 5.32 Å². The van der Waals surface area contributed by atoms with Crippen LogP contribution in [0.4, 0.5) is 0 Å². The van der Waals surface area contributed by atoms with Crippen LogP contribution in [0.2, 0.25) is 5.02 Å². The SMILES string of the molecule is O=C(NC1CCN(S(=O)(=O)c2ccc(Cl)cc2)CC1)c1ccc(Br)o1. The van der Waals surface area contributed by atoms with Gasteiger partial charge in [-0.2, -0.15) is 4.31 Å². The minimum atomic E-state index is -3.54. The highest BCUT2D eigenvalue weighted by Gasteiger charge is 2.30. The number of hydrogen-bond donors (Lipinski definition) is 1. The maximum atomic E-state index is 12.6. The number of nitrogens with zero attached hydrogens (tertiary/aromatic N) is 1. The number of nitrogens with one attached hydrogen (secondary N) is 1. The van der Waals surface area contributed by atoms with E-state index in [1.54, 1.807) is 24.3 Å². The predicted molar refractivity (Wildman–Crippen MR) is 97.1 cm³/mol. The van der Waals surface area contributed by atoms with Crippen LogP contribution in [0.15, 0.2) is 50.4 Å². The van der Waals surface area contributed by atoms with E-state index in [0.29, 0.717) is 35.6 Å². The number of hydrogen-bond acceptors (Lipinski definition) is 4. The Kier molecular flexibility index (Phi) is 5.52. The van der Waals surface area contributed by atoms with Gasteiger partial charge in [-0.05, 0) is 65.2 Å². The second-order valence-electron chi connectivity index (χ2n) is 5.71. The highest BCUT2D eigenvalue weighted by Crippen LogP contribution is 2.22. The number of benzene rings is 1. The molecule has 9 heteroatoms. The molecule has 0 aliphatic carbocycles. The second kappa shape index (κ2) is 7.49. The van der Waals surface area contributed by atoms with Crippen molar-refractivity contribution in [3.63, 3.8) is 0 Å². The van der Waals surface area contributed by atoms with Crippen LogP contribution in [0.5, 0.6) is 0 Å². The summed E-state index contributed by atoms with van der Waals surface area (Å²) in [6.07, 6.45) is 1.08. The van der Waals surface area contributed by atoms with Crippen molar-refractivity contribution in [3.05, 3.63) is 51.9 Å². The van der Waals surface area contributed by atoms with E-state index in [0.717, 1.165) is 0 Å². The number of carbonyl (C=O) groups excluding carboxylic acids is 1. The molecule has 0 radical (unpaired) electrons. The quantitative estimate of drug-likeness (QED) is 0.780. The Balaban J connectivity index is 1.59. The minimum Gasteiger partial charge on any atom is -0.444 e. The molecular formula is C16H16BrClN2O4S. The lowest BCUT2D eigenvalue weighted by molar-refractivity contribution is 0.0894. The Morgan fingerprint density at radius 3 is 2.36 bits per heavy atom. The molecule has 134 valence electrons. The van der Waals surface area contributed by atoms with Gasteiger partial charge in [-0.3, -0.25) is 4.79 Å². The zero-order valence-electron chi connectivity index (χ0n) is 13.1.